The third-order valence-electron chi connectivity index (χ3n) is 3.93. The van der Waals surface area contributed by atoms with Gasteiger partial charge in [-0.3, -0.25) is 14.9 Å². The van der Waals surface area contributed by atoms with Crippen LogP contribution in [0, 0.1) is 15.9 Å². The Labute approximate surface area is 161 Å². The number of hydrogen-bond donors (Lipinski definition) is 1. The second kappa shape index (κ2) is 7.35. The molecule has 29 heavy (non-hydrogen) atoms. The quantitative estimate of drug-likeness (QED) is 0.395. The van der Waals surface area contributed by atoms with E-state index in [2.05, 4.69) is 15.5 Å². The molecule has 10 heteroatoms. The molecule has 1 N–H and O–H groups in total. The van der Waals surface area contributed by atoms with E-state index in [-0.39, 0.29) is 17.5 Å². The van der Waals surface area contributed by atoms with Crippen LogP contribution in [0.3, 0.4) is 0 Å². The van der Waals surface area contributed by atoms with Crippen LogP contribution < -0.4 is 5.32 Å². The SMILES string of the molecule is O=C(Nc1cccc(-c2nnc(-c3ccco3)o2)c1)c1cc([N+](=O)[O-])ccc1F. The third kappa shape index (κ3) is 3.72. The van der Waals surface area contributed by atoms with Crippen LogP contribution >= 0.6 is 0 Å². The van der Waals surface area contributed by atoms with Crippen molar-refractivity contribution in [2.75, 3.05) is 5.32 Å². The molecule has 0 aliphatic carbocycles. The molecule has 0 atom stereocenters. The first-order valence-corrected chi connectivity index (χ1v) is 8.24. The first kappa shape index (κ1) is 18.0. The largest absolute Gasteiger partial charge is 0.459 e. The zero-order chi connectivity index (χ0) is 20.4. The van der Waals surface area contributed by atoms with E-state index in [9.17, 15) is 19.3 Å². The summed E-state index contributed by atoms with van der Waals surface area (Å²) in [6.45, 7) is 0. The molecular formula is C19H11FN4O5. The number of rotatable bonds is 5. The highest BCUT2D eigenvalue weighted by Gasteiger charge is 2.18. The van der Waals surface area contributed by atoms with Crippen LogP contribution in [0.25, 0.3) is 23.1 Å². The average molecular weight is 394 g/mol. The number of furan rings is 1. The van der Waals surface area contributed by atoms with E-state index < -0.39 is 22.2 Å². The number of benzene rings is 2. The molecule has 9 nitrogen and oxygen atoms in total. The van der Waals surface area contributed by atoms with Gasteiger partial charge in [-0.1, -0.05) is 6.07 Å². The maximum atomic E-state index is 13.9. The van der Waals surface area contributed by atoms with Crippen LogP contribution in [0.5, 0.6) is 0 Å². The Morgan fingerprint density at radius 3 is 2.66 bits per heavy atom. The van der Waals surface area contributed by atoms with Crippen molar-refractivity contribution in [1.29, 1.82) is 0 Å². The van der Waals surface area contributed by atoms with Gasteiger partial charge in [0.2, 0.25) is 5.89 Å². The lowest BCUT2D eigenvalue weighted by Gasteiger charge is -2.07. The second-order valence-electron chi connectivity index (χ2n) is 5.85. The first-order chi connectivity index (χ1) is 14.0. The molecule has 0 unspecified atom stereocenters. The van der Waals surface area contributed by atoms with Crippen LogP contribution in [0.2, 0.25) is 0 Å². The van der Waals surface area contributed by atoms with E-state index in [1.165, 1.54) is 6.26 Å². The number of nitrogens with zero attached hydrogens (tertiary/aromatic N) is 3. The summed E-state index contributed by atoms with van der Waals surface area (Å²) in [7, 11) is 0. The molecule has 144 valence electrons. The fourth-order valence-electron chi connectivity index (χ4n) is 2.57. The molecule has 0 bridgehead atoms. The molecule has 0 radical (unpaired) electrons. The predicted octanol–water partition coefficient (Wildman–Crippen LogP) is 4.30. The lowest BCUT2D eigenvalue weighted by molar-refractivity contribution is -0.384. The summed E-state index contributed by atoms with van der Waals surface area (Å²) in [6, 6.07) is 12.5. The summed E-state index contributed by atoms with van der Waals surface area (Å²) >= 11 is 0. The van der Waals surface area contributed by atoms with Crippen LogP contribution in [0.1, 0.15) is 10.4 Å². The van der Waals surface area contributed by atoms with Crippen molar-refractivity contribution >= 4 is 17.3 Å². The van der Waals surface area contributed by atoms with Crippen molar-refractivity contribution in [3.8, 4) is 23.1 Å². The number of hydrogen-bond acceptors (Lipinski definition) is 7. The van der Waals surface area contributed by atoms with Gasteiger partial charge in [-0.2, -0.15) is 0 Å². The van der Waals surface area contributed by atoms with E-state index in [4.69, 9.17) is 8.83 Å². The zero-order valence-electron chi connectivity index (χ0n) is 14.5. The predicted molar refractivity (Wildman–Crippen MR) is 98.4 cm³/mol. The second-order valence-corrected chi connectivity index (χ2v) is 5.85. The van der Waals surface area contributed by atoms with Crippen molar-refractivity contribution in [1.82, 2.24) is 10.2 Å². The molecule has 4 rings (SSSR count). The summed E-state index contributed by atoms with van der Waals surface area (Å²) in [5.41, 5.74) is -0.00658. The average Bonchev–Trinajstić information content (AvgIpc) is 3.40. The normalized spacial score (nSPS) is 10.7. The number of carbonyl (C=O) groups is 1. The summed E-state index contributed by atoms with van der Waals surface area (Å²) < 4.78 is 24.7. The molecule has 1 amide bonds. The Balaban J connectivity index is 1.58. The highest BCUT2D eigenvalue weighted by atomic mass is 19.1. The Hall–Kier alpha value is -4.34. The lowest BCUT2D eigenvalue weighted by atomic mass is 10.1. The minimum atomic E-state index is -0.871. The van der Waals surface area contributed by atoms with Crippen LogP contribution in [0.4, 0.5) is 15.8 Å². The summed E-state index contributed by atoms with van der Waals surface area (Å²) in [4.78, 5) is 22.5. The highest BCUT2D eigenvalue weighted by molar-refractivity contribution is 6.05. The molecule has 2 heterocycles. The van der Waals surface area contributed by atoms with Crippen LogP contribution in [-0.2, 0) is 0 Å². The Kier molecular flexibility index (Phi) is 4.57. The summed E-state index contributed by atoms with van der Waals surface area (Å²) in [5, 5.41) is 21.2. The number of anilines is 1. The molecule has 0 spiro atoms. The van der Waals surface area contributed by atoms with Gasteiger partial charge in [0.1, 0.15) is 5.82 Å². The number of amides is 1. The van der Waals surface area contributed by atoms with Gasteiger partial charge in [-0.25, -0.2) is 4.39 Å². The number of nitro groups is 1. The van der Waals surface area contributed by atoms with Gasteiger partial charge >= 0.3 is 0 Å². The van der Waals surface area contributed by atoms with Crippen molar-refractivity contribution < 1.29 is 22.9 Å². The monoisotopic (exact) mass is 394 g/mol. The van der Waals surface area contributed by atoms with E-state index >= 15 is 0 Å². The molecule has 0 fully saturated rings. The van der Waals surface area contributed by atoms with Gasteiger partial charge < -0.3 is 14.2 Å². The van der Waals surface area contributed by atoms with Crippen LogP contribution in [-0.4, -0.2) is 21.0 Å². The fraction of sp³-hybridized carbons (Fsp3) is 0. The number of halogens is 1. The van der Waals surface area contributed by atoms with E-state index in [0.29, 0.717) is 17.0 Å². The smallest absolute Gasteiger partial charge is 0.283 e. The van der Waals surface area contributed by atoms with Gasteiger partial charge in [0.05, 0.1) is 16.7 Å². The highest BCUT2D eigenvalue weighted by Crippen LogP contribution is 2.26. The van der Waals surface area contributed by atoms with E-state index in [1.54, 1.807) is 36.4 Å². The minimum absolute atomic E-state index is 0.189. The Morgan fingerprint density at radius 1 is 1.07 bits per heavy atom. The molecule has 2 aromatic heterocycles. The first-order valence-electron chi connectivity index (χ1n) is 8.24. The molecule has 4 aromatic rings. The van der Waals surface area contributed by atoms with Gasteiger partial charge in [-0.05, 0) is 36.4 Å². The topological polar surface area (TPSA) is 124 Å². The van der Waals surface area contributed by atoms with E-state index in [0.717, 1.165) is 18.2 Å². The summed E-state index contributed by atoms with van der Waals surface area (Å²) in [6.07, 6.45) is 1.47. The molecule has 2 aromatic carbocycles. The van der Waals surface area contributed by atoms with Crippen molar-refractivity contribution in [3.63, 3.8) is 0 Å². The maximum Gasteiger partial charge on any atom is 0.283 e. The number of aromatic nitrogens is 2. The van der Waals surface area contributed by atoms with Gasteiger partial charge in [-0.15, -0.1) is 10.2 Å². The number of carbonyl (C=O) groups excluding carboxylic acids is 1. The van der Waals surface area contributed by atoms with Gasteiger partial charge in [0.15, 0.2) is 5.76 Å². The third-order valence-corrected chi connectivity index (χ3v) is 3.93. The van der Waals surface area contributed by atoms with E-state index in [1.807, 2.05) is 0 Å². The molecule has 0 aliphatic heterocycles. The minimum Gasteiger partial charge on any atom is -0.459 e. The maximum absolute atomic E-state index is 13.9. The van der Waals surface area contributed by atoms with Crippen molar-refractivity contribution in [2.45, 2.75) is 0 Å². The van der Waals surface area contributed by atoms with Gasteiger partial charge in [0, 0.05) is 23.4 Å². The molecule has 0 aliphatic rings. The van der Waals surface area contributed by atoms with Crippen LogP contribution in [0.15, 0.2) is 69.7 Å². The molecule has 0 saturated carbocycles. The fourth-order valence-corrected chi connectivity index (χ4v) is 2.57. The number of nitro benzene ring substituents is 1. The molecular weight excluding hydrogens is 383 g/mol. The van der Waals surface area contributed by atoms with Crippen molar-refractivity contribution in [2.24, 2.45) is 0 Å². The Morgan fingerprint density at radius 2 is 1.90 bits per heavy atom. The number of non-ortho nitro benzene ring substituents is 1. The van der Waals surface area contributed by atoms with Gasteiger partial charge in [0.25, 0.3) is 17.5 Å². The standard InChI is InChI=1S/C19H11FN4O5/c20-15-7-6-13(24(26)27)10-14(15)17(25)21-12-4-1-3-11(9-12)18-22-23-19(29-18)16-5-2-8-28-16/h1-10H,(H,21,25). The molecule has 0 saturated heterocycles. The lowest BCUT2D eigenvalue weighted by Crippen LogP contribution is -2.14. The zero-order valence-corrected chi connectivity index (χ0v) is 14.5. The van der Waals surface area contributed by atoms with Crippen molar-refractivity contribution in [3.05, 3.63) is 82.4 Å². The summed E-state index contributed by atoms with van der Waals surface area (Å²) in [5.74, 6) is -0.907. The Bertz CT molecular complexity index is 1200. The number of nitrogens with one attached hydrogen (secondary N) is 1.